The molecule has 7 heteroatoms. The van der Waals surface area contributed by atoms with Crippen molar-refractivity contribution in [3.63, 3.8) is 0 Å². The molecule has 0 bridgehead atoms. The standard InChI is InChI=1S/C21H22ClN5O/c1-15-13-17(7-8-18(15)22)28-21-19(23)20(24-14-25-21)27-11-9-26(10-12-27)16-5-3-2-4-6-16/h2-8,13-14H,9-12,23H2,1H3. The fourth-order valence-corrected chi connectivity index (χ4v) is 3.43. The smallest absolute Gasteiger partial charge is 0.248 e. The summed E-state index contributed by atoms with van der Waals surface area (Å²) in [6.07, 6.45) is 1.49. The Hall–Kier alpha value is -2.99. The molecule has 0 unspecified atom stereocenters. The van der Waals surface area contributed by atoms with E-state index in [0.717, 1.165) is 31.7 Å². The van der Waals surface area contributed by atoms with Crippen LogP contribution in [0.4, 0.5) is 17.2 Å². The van der Waals surface area contributed by atoms with Crippen LogP contribution in [0.5, 0.6) is 11.6 Å². The number of nitrogen functional groups attached to an aromatic ring is 1. The van der Waals surface area contributed by atoms with Crippen molar-refractivity contribution in [3.05, 3.63) is 65.4 Å². The van der Waals surface area contributed by atoms with Crippen molar-refractivity contribution in [1.82, 2.24) is 9.97 Å². The first-order chi connectivity index (χ1) is 13.6. The van der Waals surface area contributed by atoms with Gasteiger partial charge >= 0.3 is 0 Å². The number of nitrogens with zero attached hydrogens (tertiary/aromatic N) is 4. The van der Waals surface area contributed by atoms with E-state index in [1.807, 2.05) is 19.1 Å². The van der Waals surface area contributed by atoms with Gasteiger partial charge in [-0.15, -0.1) is 0 Å². The number of para-hydroxylation sites is 1. The Bertz CT molecular complexity index is 958. The van der Waals surface area contributed by atoms with Gasteiger partial charge in [0.1, 0.15) is 17.8 Å². The highest BCUT2D eigenvalue weighted by Gasteiger charge is 2.22. The molecule has 2 heterocycles. The number of halogens is 1. The zero-order valence-corrected chi connectivity index (χ0v) is 16.4. The van der Waals surface area contributed by atoms with E-state index >= 15 is 0 Å². The molecule has 0 atom stereocenters. The van der Waals surface area contributed by atoms with Crippen molar-refractivity contribution in [1.29, 1.82) is 0 Å². The van der Waals surface area contributed by atoms with Crippen molar-refractivity contribution < 1.29 is 4.74 Å². The Morgan fingerprint density at radius 2 is 1.68 bits per heavy atom. The van der Waals surface area contributed by atoms with Crippen molar-refractivity contribution in [2.45, 2.75) is 6.92 Å². The Morgan fingerprint density at radius 3 is 2.39 bits per heavy atom. The topological polar surface area (TPSA) is 67.5 Å². The maximum absolute atomic E-state index is 6.34. The van der Waals surface area contributed by atoms with Crippen molar-refractivity contribution in [2.24, 2.45) is 0 Å². The number of benzene rings is 2. The number of rotatable bonds is 4. The van der Waals surface area contributed by atoms with Gasteiger partial charge in [-0.05, 0) is 42.8 Å². The Kier molecular flexibility index (Phi) is 5.21. The van der Waals surface area contributed by atoms with Crippen LogP contribution in [0, 0.1) is 6.92 Å². The van der Waals surface area contributed by atoms with Gasteiger partial charge in [-0.1, -0.05) is 29.8 Å². The number of piperazine rings is 1. The first-order valence-electron chi connectivity index (χ1n) is 9.21. The average Bonchev–Trinajstić information content (AvgIpc) is 2.73. The first-order valence-corrected chi connectivity index (χ1v) is 9.59. The summed E-state index contributed by atoms with van der Waals surface area (Å²) >= 11 is 6.08. The molecule has 3 aromatic rings. The molecule has 1 saturated heterocycles. The quantitative estimate of drug-likeness (QED) is 0.716. The molecule has 1 fully saturated rings. The summed E-state index contributed by atoms with van der Waals surface area (Å²) in [6.45, 7) is 5.39. The SMILES string of the molecule is Cc1cc(Oc2ncnc(N3CCN(c4ccccc4)CC3)c2N)ccc1Cl. The number of hydrogen-bond acceptors (Lipinski definition) is 6. The van der Waals surface area contributed by atoms with E-state index in [0.29, 0.717) is 28.2 Å². The van der Waals surface area contributed by atoms with E-state index in [1.54, 1.807) is 12.1 Å². The van der Waals surface area contributed by atoms with Crippen LogP contribution in [-0.2, 0) is 0 Å². The number of hydrogen-bond donors (Lipinski definition) is 1. The molecule has 1 aliphatic heterocycles. The maximum atomic E-state index is 6.34. The van der Waals surface area contributed by atoms with Crippen LogP contribution in [0.3, 0.4) is 0 Å². The van der Waals surface area contributed by atoms with Gasteiger partial charge in [-0.25, -0.2) is 4.98 Å². The molecule has 0 spiro atoms. The van der Waals surface area contributed by atoms with E-state index < -0.39 is 0 Å². The normalized spacial score (nSPS) is 14.2. The molecule has 28 heavy (non-hydrogen) atoms. The van der Waals surface area contributed by atoms with Gasteiger partial charge in [0, 0.05) is 36.9 Å². The molecular weight excluding hydrogens is 374 g/mol. The number of aryl methyl sites for hydroxylation is 1. The zero-order chi connectivity index (χ0) is 19.5. The van der Waals surface area contributed by atoms with Crippen molar-refractivity contribution >= 4 is 28.8 Å². The summed E-state index contributed by atoms with van der Waals surface area (Å²) in [5.41, 5.74) is 8.96. The second-order valence-corrected chi connectivity index (χ2v) is 7.15. The summed E-state index contributed by atoms with van der Waals surface area (Å²) in [7, 11) is 0. The second-order valence-electron chi connectivity index (χ2n) is 6.74. The highest BCUT2D eigenvalue weighted by molar-refractivity contribution is 6.31. The molecule has 2 aromatic carbocycles. The maximum Gasteiger partial charge on any atom is 0.248 e. The van der Waals surface area contributed by atoms with E-state index in [-0.39, 0.29) is 0 Å². The van der Waals surface area contributed by atoms with E-state index in [2.05, 4.69) is 44.0 Å². The Morgan fingerprint density at radius 1 is 0.964 bits per heavy atom. The van der Waals surface area contributed by atoms with Crippen LogP contribution in [-0.4, -0.2) is 36.1 Å². The van der Waals surface area contributed by atoms with Crippen LogP contribution in [0.25, 0.3) is 0 Å². The third kappa shape index (κ3) is 3.82. The first kappa shape index (κ1) is 18.4. The fourth-order valence-electron chi connectivity index (χ4n) is 3.31. The summed E-state index contributed by atoms with van der Waals surface area (Å²) < 4.78 is 5.90. The van der Waals surface area contributed by atoms with Crippen LogP contribution >= 0.6 is 11.6 Å². The van der Waals surface area contributed by atoms with Gasteiger partial charge in [0.15, 0.2) is 5.82 Å². The van der Waals surface area contributed by atoms with Crippen LogP contribution in [0.1, 0.15) is 5.56 Å². The minimum atomic E-state index is 0.359. The third-order valence-electron chi connectivity index (χ3n) is 4.87. The van der Waals surface area contributed by atoms with Gasteiger partial charge in [0.2, 0.25) is 5.88 Å². The number of nitrogens with two attached hydrogens (primary N) is 1. The van der Waals surface area contributed by atoms with Gasteiger partial charge < -0.3 is 20.3 Å². The average molecular weight is 396 g/mol. The molecule has 6 nitrogen and oxygen atoms in total. The molecule has 144 valence electrons. The van der Waals surface area contributed by atoms with Crippen molar-refractivity contribution in [2.75, 3.05) is 41.7 Å². The highest BCUT2D eigenvalue weighted by atomic mass is 35.5. The monoisotopic (exact) mass is 395 g/mol. The van der Waals surface area contributed by atoms with Crippen LogP contribution in [0.15, 0.2) is 54.9 Å². The predicted molar refractivity (Wildman–Crippen MR) is 114 cm³/mol. The lowest BCUT2D eigenvalue weighted by Crippen LogP contribution is -2.47. The molecule has 1 aromatic heterocycles. The molecule has 0 aliphatic carbocycles. The minimum Gasteiger partial charge on any atom is -0.437 e. The third-order valence-corrected chi connectivity index (χ3v) is 5.29. The summed E-state index contributed by atoms with van der Waals surface area (Å²) in [5, 5.41) is 0.694. The van der Waals surface area contributed by atoms with E-state index in [4.69, 9.17) is 22.1 Å². The molecule has 0 radical (unpaired) electrons. The number of aromatic nitrogens is 2. The predicted octanol–water partition coefficient (Wildman–Crippen LogP) is 4.14. The molecule has 0 amide bonds. The lowest BCUT2D eigenvalue weighted by atomic mass is 10.2. The molecule has 1 aliphatic rings. The Labute approximate surface area is 169 Å². The number of ether oxygens (including phenoxy) is 1. The van der Waals surface area contributed by atoms with E-state index in [9.17, 15) is 0 Å². The minimum absolute atomic E-state index is 0.359. The zero-order valence-electron chi connectivity index (χ0n) is 15.7. The van der Waals surface area contributed by atoms with Gasteiger partial charge in [0.25, 0.3) is 0 Å². The van der Waals surface area contributed by atoms with E-state index in [1.165, 1.54) is 12.0 Å². The summed E-state index contributed by atoms with van der Waals surface area (Å²) in [5.74, 6) is 1.72. The molecular formula is C21H22ClN5O. The fraction of sp³-hybridized carbons (Fsp3) is 0.238. The summed E-state index contributed by atoms with van der Waals surface area (Å²) in [4.78, 5) is 13.2. The van der Waals surface area contributed by atoms with Gasteiger partial charge in [-0.2, -0.15) is 4.98 Å². The lowest BCUT2D eigenvalue weighted by molar-refractivity contribution is 0.463. The largest absolute Gasteiger partial charge is 0.437 e. The second kappa shape index (κ2) is 7.94. The van der Waals surface area contributed by atoms with Crippen molar-refractivity contribution in [3.8, 4) is 11.6 Å². The van der Waals surface area contributed by atoms with Gasteiger partial charge in [0.05, 0.1) is 0 Å². The lowest BCUT2D eigenvalue weighted by Gasteiger charge is -2.37. The molecule has 4 rings (SSSR count). The highest BCUT2D eigenvalue weighted by Crippen LogP contribution is 2.33. The van der Waals surface area contributed by atoms with Crippen LogP contribution in [0.2, 0.25) is 5.02 Å². The molecule has 0 saturated carbocycles. The molecule has 2 N–H and O–H groups in total. The summed E-state index contributed by atoms with van der Waals surface area (Å²) in [6, 6.07) is 15.9. The van der Waals surface area contributed by atoms with Crippen LogP contribution < -0.4 is 20.3 Å². The Balaban J connectivity index is 1.49. The van der Waals surface area contributed by atoms with Gasteiger partial charge in [-0.3, -0.25) is 0 Å². The number of anilines is 3.